The van der Waals surface area contributed by atoms with Gasteiger partial charge in [0.1, 0.15) is 12.4 Å². The molecule has 0 bridgehead atoms. The van der Waals surface area contributed by atoms with Gasteiger partial charge in [0.15, 0.2) is 5.60 Å². The largest absolute Gasteiger partial charge is 0.458 e. The summed E-state index contributed by atoms with van der Waals surface area (Å²) in [5, 5.41) is 17.7. The van der Waals surface area contributed by atoms with Gasteiger partial charge in [-0.05, 0) is 55.4 Å². The van der Waals surface area contributed by atoms with E-state index in [0.29, 0.717) is 48.3 Å². The molecule has 0 unspecified atom stereocenters. The van der Waals surface area contributed by atoms with Gasteiger partial charge in [0.2, 0.25) is 11.8 Å². The predicted molar refractivity (Wildman–Crippen MR) is 150 cm³/mol. The molecule has 5 N–H and O–H groups in total. The molecule has 0 fully saturated rings. The molecule has 2 aliphatic heterocycles. The molecule has 0 radical (unpaired) electrons. The average Bonchev–Trinajstić information content (AvgIpc) is 3.35. The van der Waals surface area contributed by atoms with Crippen LogP contribution >= 0.6 is 0 Å². The average molecular weight is 578 g/mol. The van der Waals surface area contributed by atoms with Crippen molar-refractivity contribution in [2.75, 3.05) is 13.1 Å². The van der Waals surface area contributed by atoms with Gasteiger partial charge >= 0.3 is 5.97 Å². The van der Waals surface area contributed by atoms with Crippen molar-refractivity contribution in [3.63, 3.8) is 0 Å². The fraction of sp³-hybridized carbons (Fsp3) is 0.433. The monoisotopic (exact) mass is 577 g/mol. The first-order valence-corrected chi connectivity index (χ1v) is 14.2. The number of esters is 1. The Morgan fingerprint density at radius 3 is 2.76 bits per heavy atom. The van der Waals surface area contributed by atoms with E-state index in [1.54, 1.807) is 19.9 Å². The van der Waals surface area contributed by atoms with E-state index in [4.69, 9.17) is 15.5 Å². The van der Waals surface area contributed by atoms with Gasteiger partial charge in [0, 0.05) is 35.5 Å². The number of aliphatic hydroxyl groups is 1. The van der Waals surface area contributed by atoms with Crippen LogP contribution in [0.4, 0.5) is 4.39 Å². The van der Waals surface area contributed by atoms with Crippen molar-refractivity contribution in [1.82, 2.24) is 20.2 Å². The molecule has 2 aromatic heterocycles. The molecule has 3 aromatic rings. The smallest absolute Gasteiger partial charge is 0.343 e. The molecule has 220 valence electrons. The molecule has 0 saturated heterocycles. The van der Waals surface area contributed by atoms with E-state index in [0.717, 1.165) is 22.1 Å². The number of carbonyl (C=O) groups is 3. The van der Waals surface area contributed by atoms with Gasteiger partial charge in [0.05, 0.1) is 41.6 Å². The fourth-order valence-corrected chi connectivity index (χ4v) is 6.51. The zero-order valence-corrected chi connectivity index (χ0v) is 23.4. The summed E-state index contributed by atoms with van der Waals surface area (Å²) in [5.74, 6) is -1.69. The van der Waals surface area contributed by atoms with Crippen LogP contribution in [0.2, 0.25) is 0 Å². The third kappa shape index (κ3) is 4.19. The van der Waals surface area contributed by atoms with E-state index >= 15 is 4.39 Å². The van der Waals surface area contributed by atoms with Crippen LogP contribution < -0.4 is 21.9 Å². The lowest BCUT2D eigenvalue weighted by molar-refractivity contribution is -0.172. The molecule has 3 aliphatic rings. The highest BCUT2D eigenvalue weighted by atomic mass is 19.1. The van der Waals surface area contributed by atoms with Gasteiger partial charge in [-0.3, -0.25) is 14.4 Å². The number of rotatable bonds is 7. The van der Waals surface area contributed by atoms with E-state index in [-0.39, 0.29) is 61.3 Å². The second-order valence-corrected chi connectivity index (χ2v) is 11.1. The van der Waals surface area contributed by atoms with E-state index in [9.17, 15) is 24.3 Å². The first-order chi connectivity index (χ1) is 20.1. The lowest BCUT2D eigenvalue weighted by Gasteiger charge is -2.31. The number of amides is 2. The van der Waals surface area contributed by atoms with E-state index in [1.807, 2.05) is 0 Å². The zero-order chi connectivity index (χ0) is 29.9. The van der Waals surface area contributed by atoms with E-state index in [1.165, 1.54) is 10.6 Å². The summed E-state index contributed by atoms with van der Waals surface area (Å²) < 4.78 is 21.8. The number of nitrogens with two attached hydrogens (primary N) is 1. The highest BCUT2D eigenvalue weighted by molar-refractivity contribution is 5.94. The topological polar surface area (TPSA) is 166 Å². The molecular weight excluding hydrogens is 545 g/mol. The molecule has 1 aromatic carbocycles. The minimum Gasteiger partial charge on any atom is -0.458 e. The summed E-state index contributed by atoms with van der Waals surface area (Å²) in [6, 6.07) is 2.58. The highest BCUT2D eigenvalue weighted by Crippen LogP contribution is 2.45. The number of aromatic nitrogens is 2. The van der Waals surface area contributed by atoms with E-state index in [2.05, 4.69) is 10.6 Å². The number of hydrogen-bond acceptors (Lipinski definition) is 8. The Kier molecular flexibility index (Phi) is 6.85. The van der Waals surface area contributed by atoms with Crippen molar-refractivity contribution in [1.29, 1.82) is 0 Å². The van der Waals surface area contributed by atoms with Crippen LogP contribution in [-0.4, -0.2) is 45.5 Å². The first kappa shape index (κ1) is 28.0. The molecule has 12 heteroatoms. The minimum atomic E-state index is -1.97. The van der Waals surface area contributed by atoms with Crippen molar-refractivity contribution in [2.24, 2.45) is 5.73 Å². The molecule has 11 nitrogen and oxygen atoms in total. The number of cyclic esters (lactones) is 1. The third-order valence-corrected chi connectivity index (χ3v) is 8.80. The Bertz CT molecular complexity index is 1750. The molecule has 6 rings (SSSR count). The van der Waals surface area contributed by atoms with Gasteiger partial charge in [-0.1, -0.05) is 6.92 Å². The Morgan fingerprint density at radius 1 is 1.24 bits per heavy atom. The fourth-order valence-electron chi connectivity index (χ4n) is 6.51. The number of fused-ring (bicyclic) bond motifs is 5. The van der Waals surface area contributed by atoms with Gasteiger partial charge in [-0.25, -0.2) is 14.2 Å². The normalized spacial score (nSPS) is 20.0. The second kappa shape index (κ2) is 10.3. The zero-order valence-electron chi connectivity index (χ0n) is 23.4. The Morgan fingerprint density at radius 2 is 2.02 bits per heavy atom. The van der Waals surface area contributed by atoms with Crippen LogP contribution in [0.15, 0.2) is 16.9 Å². The summed E-state index contributed by atoms with van der Waals surface area (Å²) in [5.41, 5.74) is 7.52. The lowest BCUT2D eigenvalue weighted by atomic mass is 9.81. The summed E-state index contributed by atoms with van der Waals surface area (Å²) in [6.07, 6.45) is 1.70. The molecule has 2 atom stereocenters. The number of hydrogen-bond donors (Lipinski definition) is 4. The van der Waals surface area contributed by atoms with Crippen LogP contribution in [-0.2, 0) is 44.3 Å². The lowest BCUT2D eigenvalue weighted by Crippen LogP contribution is -2.44. The molecule has 1 aliphatic carbocycles. The molecule has 0 saturated carbocycles. The number of halogens is 1. The van der Waals surface area contributed by atoms with Crippen molar-refractivity contribution >= 4 is 28.7 Å². The summed E-state index contributed by atoms with van der Waals surface area (Å²) in [7, 11) is 0. The SMILES string of the molecule is CC[C@@]1(O)C(=O)OCc2c1cc1n(c2=O)Cc2c-1nc1cc(F)c(C)c3c1c2[C@@H](NC(=O)CCCNC(=O)CN)CC3. The van der Waals surface area contributed by atoms with Crippen molar-refractivity contribution < 1.29 is 28.6 Å². The molecule has 4 heterocycles. The quantitative estimate of drug-likeness (QED) is 0.189. The van der Waals surface area contributed by atoms with Crippen LogP contribution in [0.3, 0.4) is 0 Å². The van der Waals surface area contributed by atoms with Gasteiger partial charge in [-0.2, -0.15) is 0 Å². The number of ether oxygens (including phenoxy) is 1. The number of carbonyl (C=O) groups excluding carboxylic acids is 3. The Balaban J connectivity index is 1.45. The maximum absolute atomic E-state index is 15.1. The second-order valence-electron chi connectivity index (χ2n) is 11.1. The van der Waals surface area contributed by atoms with Gasteiger partial charge in [-0.15, -0.1) is 0 Å². The Labute approximate surface area is 240 Å². The van der Waals surface area contributed by atoms with Crippen LogP contribution in [0, 0.1) is 12.7 Å². The molecule has 2 amide bonds. The number of nitrogens with one attached hydrogen (secondary N) is 2. The maximum atomic E-state index is 15.1. The van der Waals surface area contributed by atoms with Crippen molar-refractivity contribution in [3.05, 3.63) is 61.7 Å². The Hall–Kier alpha value is -4.16. The standard InChI is InChI=1S/C30H32FN5O6/c1-3-30(41)18-9-22-27-16(12-36(22)28(39)17(18)13-42-29(30)40)26-20(34-23(37)5-4-8-33-24(38)11-32)7-6-15-14(2)19(31)10-21(35-27)25(15)26/h9-10,20,41H,3-8,11-13,32H2,1-2H3,(H,33,38)(H,34,37)/t20-,30-/m0/s1. The van der Waals surface area contributed by atoms with Crippen molar-refractivity contribution in [3.8, 4) is 11.4 Å². The number of benzene rings is 1. The number of aryl methyl sites for hydroxylation is 1. The molecule has 42 heavy (non-hydrogen) atoms. The summed E-state index contributed by atoms with van der Waals surface area (Å²) in [4.78, 5) is 55.5. The van der Waals surface area contributed by atoms with E-state index < -0.39 is 23.2 Å². The van der Waals surface area contributed by atoms with Gasteiger partial charge in [0.25, 0.3) is 5.56 Å². The summed E-state index contributed by atoms with van der Waals surface area (Å²) in [6.45, 7) is 3.49. The van der Waals surface area contributed by atoms with Gasteiger partial charge < -0.3 is 30.8 Å². The first-order valence-electron chi connectivity index (χ1n) is 14.2. The minimum absolute atomic E-state index is 0.0167. The predicted octanol–water partition coefficient (Wildman–Crippen LogP) is 1.49. The van der Waals surface area contributed by atoms with Crippen LogP contribution in [0.25, 0.3) is 22.3 Å². The van der Waals surface area contributed by atoms with Crippen LogP contribution in [0.5, 0.6) is 0 Å². The van der Waals surface area contributed by atoms with Crippen LogP contribution in [0.1, 0.15) is 72.0 Å². The maximum Gasteiger partial charge on any atom is 0.343 e. The summed E-state index contributed by atoms with van der Waals surface area (Å²) >= 11 is 0. The molecule has 0 spiro atoms. The number of nitrogens with zero attached hydrogens (tertiary/aromatic N) is 2. The number of pyridine rings is 2. The molecular formula is C30H32FN5O6. The third-order valence-electron chi connectivity index (χ3n) is 8.80. The van der Waals surface area contributed by atoms with Crippen molar-refractivity contribution in [2.45, 2.75) is 70.7 Å². The highest BCUT2D eigenvalue weighted by Gasteiger charge is 2.46.